The second-order valence-electron chi connectivity index (χ2n) is 5.62. The number of nitrogens with zero attached hydrogens (tertiary/aromatic N) is 1. The van der Waals surface area contributed by atoms with Crippen molar-refractivity contribution in [1.29, 1.82) is 0 Å². The number of anilines is 1. The van der Waals surface area contributed by atoms with Crippen LogP contribution in [0.3, 0.4) is 0 Å². The first-order chi connectivity index (χ1) is 8.80. The first-order valence-electron chi connectivity index (χ1n) is 7.20. The highest BCUT2D eigenvalue weighted by molar-refractivity contribution is 8.34. The average Bonchev–Trinajstić information content (AvgIpc) is 2.40. The van der Waals surface area contributed by atoms with E-state index in [1.165, 1.54) is 55.7 Å². The standard InChI is InChI=1S/C15H24N2S/c16-18(12-7-13-18)17(14-8-3-1-4-9-14)15-10-5-2-6-11-15/h1,3-4,8-9,15H,2,5-7,10-13,16H2. The quantitative estimate of drug-likeness (QED) is 0.899. The molecule has 1 saturated heterocycles. The molecule has 1 saturated carbocycles. The number of rotatable bonds is 3. The zero-order valence-electron chi connectivity index (χ0n) is 11.1. The number of para-hydroxylation sites is 1. The van der Waals surface area contributed by atoms with E-state index in [1.54, 1.807) is 0 Å². The van der Waals surface area contributed by atoms with Gasteiger partial charge in [-0.25, -0.2) is 0 Å². The number of nitrogens with two attached hydrogens (primary N) is 1. The largest absolute Gasteiger partial charge is 0.320 e. The SMILES string of the molecule is NS1(N(c2ccccc2)C2CCCCC2)CCC1. The average molecular weight is 264 g/mol. The summed E-state index contributed by atoms with van der Waals surface area (Å²) in [5, 5.41) is 6.72. The van der Waals surface area contributed by atoms with Crippen molar-refractivity contribution in [1.82, 2.24) is 0 Å². The van der Waals surface area contributed by atoms with Gasteiger partial charge >= 0.3 is 0 Å². The van der Waals surface area contributed by atoms with Gasteiger partial charge in [-0.05, 0) is 31.4 Å². The minimum Gasteiger partial charge on any atom is -0.320 e. The Kier molecular flexibility index (Phi) is 3.53. The van der Waals surface area contributed by atoms with E-state index < -0.39 is 10.4 Å². The van der Waals surface area contributed by atoms with Gasteiger partial charge in [-0.2, -0.15) is 0 Å². The summed E-state index contributed by atoms with van der Waals surface area (Å²) >= 11 is 0. The van der Waals surface area contributed by atoms with E-state index in [9.17, 15) is 0 Å². The Morgan fingerprint density at radius 2 is 1.61 bits per heavy atom. The Morgan fingerprint density at radius 3 is 2.17 bits per heavy atom. The molecule has 100 valence electrons. The molecule has 3 heteroatoms. The summed E-state index contributed by atoms with van der Waals surface area (Å²) in [6.07, 6.45) is 8.16. The molecule has 3 rings (SSSR count). The lowest BCUT2D eigenvalue weighted by molar-refractivity contribution is 0.444. The maximum atomic E-state index is 6.72. The van der Waals surface area contributed by atoms with Gasteiger partial charge in [-0.1, -0.05) is 37.5 Å². The fourth-order valence-corrected chi connectivity index (χ4v) is 5.86. The van der Waals surface area contributed by atoms with Crippen LogP contribution in [0, 0.1) is 0 Å². The highest BCUT2D eigenvalue weighted by Gasteiger charge is 2.38. The molecule has 0 spiro atoms. The predicted octanol–water partition coefficient (Wildman–Crippen LogP) is 3.82. The monoisotopic (exact) mass is 264 g/mol. The van der Waals surface area contributed by atoms with Crippen LogP contribution in [0.15, 0.2) is 30.3 Å². The molecule has 18 heavy (non-hydrogen) atoms. The Bertz CT molecular complexity index is 383. The van der Waals surface area contributed by atoms with Gasteiger partial charge in [-0.15, -0.1) is 10.4 Å². The van der Waals surface area contributed by atoms with Gasteiger partial charge in [0.05, 0.1) is 0 Å². The summed E-state index contributed by atoms with van der Waals surface area (Å²) < 4.78 is 2.63. The smallest absolute Gasteiger partial charge is 0.0468 e. The normalized spacial score (nSPS) is 25.2. The third-order valence-corrected chi connectivity index (χ3v) is 7.59. The molecular weight excluding hydrogens is 240 g/mol. The van der Waals surface area contributed by atoms with Crippen LogP contribution in [0.25, 0.3) is 0 Å². The summed E-state index contributed by atoms with van der Waals surface area (Å²) in [6, 6.07) is 11.6. The number of benzene rings is 1. The molecule has 1 aliphatic heterocycles. The molecule has 0 bridgehead atoms. The maximum absolute atomic E-state index is 6.72. The summed E-state index contributed by atoms with van der Waals surface area (Å²) in [5.41, 5.74) is 1.36. The van der Waals surface area contributed by atoms with Crippen LogP contribution in [0.4, 0.5) is 5.69 Å². The van der Waals surface area contributed by atoms with E-state index in [4.69, 9.17) is 5.14 Å². The molecule has 1 aliphatic carbocycles. The molecule has 2 nitrogen and oxygen atoms in total. The van der Waals surface area contributed by atoms with Crippen LogP contribution in [-0.4, -0.2) is 17.5 Å². The van der Waals surface area contributed by atoms with Gasteiger partial charge in [0.1, 0.15) is 0 Å². The van der Waals surface area contributed by atoms with Gasteiger partial charge in [0.15, 0.2) is 0 Å². The lowest BCUT2D eigenvalue weighted by Gasteiger charge is -2.57. The summed E-state index contributed by atoms with van der Waals surface area (Å²) in [7, 11) is -0.999. The molecule has 1 aromatic carbocycles. The maximum Gasteiger partial charge on any atom is 0.0468 e. The van der Waals surface area contributed by atoms with Crippen molar-refractivity contribution in [3.05, 3.63) is 30.3 Å². The lowest BCUT2D eigenvalue weighted by Crippen LogP contribution is -2.49. The molecule has 1 heterocycles. The topological polar surface area (TPSA) is 29.3 Å². The van der Waals surface area contributed by atoms with Crippen LogP contribution >= 0.6 is 10.4 Å². The molecule has 2 N–H and O–H groups in total. The van der Waals surface area contributed by atoms with Crippen molar-refractivity contribution < 1.29 is 0 Å². The molecule has 0 atom stereocenters. The van der Waals surface area contributed by atoms with Crippen molar-refractivity contribution >= 4 is 16.1 Å². The molecule has 2 fully saturated rings. The zero-order valence-corrected chi connectivity index (χ0v) is 11.9. The van der Waals surface area contributed by atoms with Gasteiger partial charge in [0.2, 0.25) is 0 Å². The van der Waals surface area contributed by atoms with Gasteiger partial charge < -0.3 is 4.31 Å². The lowest BCUT2D eigenvalue weighted by atomic mass is 9.95. The van der Waals surface area contributed by atoms with Crippen molar-refractivity contribution in [3.63, 3.8) is 0 Å². The Hall–Kier alpha value is -0.670. The summed E-state index contributed by atoms with van der Waals surface area (Å²) in [6.45, 7) is 0. The van der Waals surface area contributed by atoms with E-state index in [2.05, 4.69) is 34.6 Å². The molecule has 0 radical (unpaired) electrons. The van der Waals surface area contributed by atoms with Crippen LogP contribution in [0.1, 0.15) is 38.5 Å². The van der Waals surface area contributed by atoms with Gasteiger partial charge in [-0.3, -0.25) is 5.14 Å². The Labute approximate surface area is 112 Å². The summed E-state index contributed by atoms with van der Waals surface area (Å²) in [4.78, 5) is 0. The van der Waals surface area contributed by atoms with Crippen molar-refractivity contribution in [2.45, 2.75) is 44.6 Å². The van der Waals surface area contributed by atoms with Gasteiger partial charge in [0.25, 0.3) is 0 Å². The molecule has 0 unspecified atom stereocenters. The Balaban J connectivity index is 1.88. The fraction of sp³-hybridized carbons (Fsp3) is 0.600. The summed E-state index contributed by atoms with van der Waals surface area (Å²) in [5.74, 6) is 2.47. The minimum atomic E-state index is -0.999. The van der Waals surface area contributed by atoms with Crippen molar-refractivity contribution in [2.75, 3.05) is 15.8 Å². The third-order valence-electron chi connectivity index (χ3n) is 4.30. The van der Waals surface area contributed by atoms with E-state index in [0.717, 1.165) is 0 Å². The van der Waals surface area contributed by atoms with Crippen molar-refractivity contribution in [3.8, 4) is 0 Å². The fourth-order valence-electron chi connectivity index (χ4n) is 3.24. The minimum absolute atomic E-state index is 0.696. The number of hydrogen-bond acceptors (Lipinski definition) is 2. The van der Waals surface area contributed by atoms with E-state index in [1.807, 2.05) is 0 Å². The second-order valence-corrected chi connectivity index (χ2v) is 8.63. The third kappa shape index (κ3) is 2.26. The molecule has 1 aromatic rings. The number of hydrogen-bond donors (Lipinski definition) is 1. The Morgan fingerprint density at radius 1 is 0.944 bits per heavy atom. The molecule has 0 amide bonds. The van der Waals surface area contributed by atoms with E-state index >= 15 is 0 Å². The first kappa shape index (κ1) is 12.4. The highest BCUT2D eigenvalue weighted by Crippen LogP contribution is 2.56. The molecular formula is C15H24N2S. The second kappa shape index (κ2) is 5.14. The van der Waals surface area contributed by atoms with Crippen LogP contribution in [0.5, 0.6) is 0 Å². The first-order valence-corrected chi connectivity index (χ1v) is 9.20. The van der Waals surface area contributed by atoms with Crippen LogP contribution in [0.2, 0.25) is 0 Å². The highest BCUT2D eigenvalue weighted by atomic mass is 32.3. The zero-order chi connectivity index (χ0) is 12.4. The molecule has 0 aromatic heterocycles. The van der Waals surface area contributed by atoms with E-state index in [-0.39, 0.29) is 0 Å². The molecule has 2 aliphatic rings. The van der Waals surface area contributed by atoms with Crippen LogP contribution < -0.4 is 9.44 Å². The van der Waals surface area contributed by atoms with Crippen LogP contribution in [-0.2, 0) is 0 Å². The van der Waals surface area contributed by atoms with Gasteiger partial charge in [0, 0.05) is 23.2 Å². The van der Waals surface area contributed by atoms with E-state index in [0.29, 0.717) is 6.04 Å². The van der Waals surface area contributed by atoms with Crippen molar-refractivity contribution in [2.24, 2.45) is 5.14 Å². The predicted molar refractivity (Wildman–Crippen MR) is 81.9 cm³/mol.